The maximum absolute atomic E-state index is 11.6. The molecule has 0 spiro atoms. The number of carboxylic acids is 1. The van der Waals surface area contributed by atoms with Gasteiger partial charge in [0.2, 0.25) is 0 Å². The highest BCUT2D eigenvalue weighted by Crippen LogP contribution is 2.20. The van der Waals surface area contributed by atoms with Crippen molar-refractivity contribution in [3.63, 3.8) is 0 Å². The van der Waals surface area contributed by atoms with Gasteiger partial charge < -0.3 is 9.84 Å². The van der Waals surface area contributed by atoms with Gasteiger partial charge in [0.25, 0.3) is 0 Å². The summed E-state index contributed by atoms with van der Waals surface area (Å²) in [5.74, 6) is -0.795. The van der Waals surface area contributed by atoms with Crippen molar-refractivity contribution in [3.05, 3.63) is 46.1 Å². The van der Waals surface area contributed by atoms with E-state index in [0.29, 0.717) is 5.56 Å². The van der Waals surface area contributed by atoms with Crippen LogP contribution >= 0.6 is 0 Å². The van der Waals surface area contributed by atoms with E-state index >= 15 is 0 Å². The van der Waals surface area contributed by atoms with E-state index in [1.54, 1.807) is 19.2 Å². The summed E-state index contributed by atoms with van der Waals surface area (Å²) < 4.78 is 7.58. The molecule has 0 aliphatic carbocycles. The second-order valence-electron chi connectivity index (χ2n) is 4.02. The van der Waals surface area contributed by atoms with Crippen LogP contribution in [0, 0.1) is 0 Å². The van der Waals surface area contributed by atoms with Crippen LogP contribution in [-0.2, 0) is 13.6 Å². The number of aryl methyl sites for hydroxylation is 1. The summed E-state index contributed by atoms with van der Waals surface area (Å²) in [7, 11) is 3.01. The molecule has 0 fully saturated rings. The number of aromatic nitrogens is 3. The molecular formula is C12H13N3O4. The molecule has 2 rings (SSSR count). The number of benzene rings is 1. The molecule has 7 heteroatoms. The molecule has 0 amide bonds. The standard InChI is InChI=1S/C12H13N3O4/c1-14-7-13-15(12(14)18)6-8-3-4-10(19-2)9(5-8)11(16)17/h3-5,7H,6H2,1-2H3,(H,16,17). The van der Waals surface area contributed by atoms with Gasteiger partial charge in [0.1, 0.15) is 17.6 Å². The zero-order valence-corrected chi connectivity index (χ0v) is 10.5. The Bertz CT molecular complexity index is 672. The Hall–Kier alpha value is -2.57. The first kappa shape index (κ1) is 12.9. The Morgan fingerprint density at radius 2 is 2.21 bits per heavy atom. The van der Waals surface area contributed by atoms with E-state index in [0.717, 1.165) is 0 Å². The van der Waals surface area contributed by atoms with Crippen molar-refractivity contribution in [2.45, 2.75) is 6.54 Å². The third kappa shape index (κ3) is 2.49. The van der Waals surface area contributed by atoms with E-state index < -0.39 is 5.97 Å². The molecule has 1 aromatic heterocycles. The molecule has 2 aromatic rings. The van der Waals surface area contributed by atoms with Gasteiger partial charge >= 0.3 is 11.7 Å². The summed E-state index contributed by atoms with van der Waals surface area (Å²) in [6, 6.07) is 4.74. The van der Waals surface area contributed by atoms with Crippen molar-refractivity contribution >= 4 is 5.97 Å². The van der Waals surface area contributed by atoms with Gasteiger partial charge in [-0.3, -0.25) is 4.57 Å². The average Bonchev–Trinajstić information content (AvgIpc) is 2.70. The molecule has 19 heavy (non-hydrogen) atoms. The summed E-state index contributed by atoms with van der Waals surface area (Å²) in [6.45, 7) is 0.212. The topological polar surface area (TPSA) is 86.4 Å². The molecule has 0 radical (unpaired) electrons. The second-order valence-corrected chi connectivity index (χ2v) is 4.02. The minimum Gasteiger partial charge on any atom is -0.496 e. The Kier molecular flexibility index (Phi) is 3.37. The van der Waals surface area contributed by atoms with Gasteiger partial charge in [0, 0.05) is 7.05 Å². The number of aromatic carboxylic acids is 1. The van der Waals surface area contributed by atoms with E-state index in [2.05, 4.69) is 5.10 Å². The van der Waals surface area contributed by atoms with Gasteiger partial charge in [0.05, 0.1) is 13.7 Å². The lowest BCUT2D eigenvalue weighted by Gasteiger charge is -2.07. The first-order valence-corrected chi connectivity index (χ1v) is 5.51. The summed E-state index contributed by atoms with van der Waals surface area (Å²) >= 11 is 0. The van der Waals surface area contributed by atoms with Gasteiger partial charge in [-0.1, -0.05) is 6.07 Å². The van der Waals surface area contributed by atoms with E-state index in [1.165, 1.54) is 28.8 Å². The fourth-order valence-corrected chi connectivity index (χ4v) is 1.72. The highest BCUT2D eigenvalue weighted by atomic mass is 16.5. The van der Waals surface area contributed by atoms with Crippen molar-refractivity contribution in [3.8, 4) is 5.75 Å². The van der Waals surface area contributed by atoms with Crippen molar-refractivity contribution in [2.24, 2.45) is 7.05 Å². The Morgan fingerprint density at radius 3 is 2.74 bits per heavy atom. The lowest BCUT2D eigenvalue weighted by atomic mass is 10.1. The largest absolute Gasteiger partial charge is 0.496 e. The lowest BCUT2D eigenvalue weighted by Crippen LogP contribution is -2.23. The number of carbonyl (C=O) groups is 1. The number of rotatable bonds is 4. The number of ether oxygens (including phenoxy) is 1. The van der Waals surface area contributed by atoms with Gasteiger partial charge in [-0.05, 0) is 17.7 Å². The molecule has 0 saturated carbocycles. The predicted molar refractivity (Wildman–Crippen MR) is 66.5 cm³/mol. The molecule has 1 aromatic carbocycles. The molecule has 1 heterocycles. The van der Waals surface area contributed by atoms with Crippen LogP contribution in [0.25, 0.3) is 0 Å². The van der Waals surface area contributed by atoms with Crippen LogP contribution in [0.5, 0.6) is 5.75 Å². The molecule has 7 nitrogen and oxygen atoms in total. The average molecular weight is 263 g/mol. The van der Waals surface area contributed by atoms with Crippen molar-refractivity contribution in [1.29, 1.82) is 0 Å². The maximum atomic E-state index is 11.6. The third-order valence-corrected chi connectivity index (χ3v) is 2.71. The zero-order chi connectivity index (χ0) is 14.0. The highest BCUT2D eigenvalue weighted by Gasteiger charge is 2.12. The Morgan fingerprint density at radius 1 is 1.47 bits per heavy atom. The van der Waals surface area contributed by atoms with Crippen molar-refractivity contribution in [2.75, 3.05) is 7.11 Å². The van der Waals surface area contributed by atoms with E-state index in [9.17, 15) is 9.59 Å². The summed E-state index contributed by atoms with van der Waals surface area (Å²) in [5, 5.41) is 13.0. The number of hydrogen-bond donors (Lipinski definition) is 1. The van der Waals surface area contributed by atoms with Crippen molar-refractivity contribution in [1.82, 2.24) is 14.3 Å². The maximum Gasteiger partial charge on any atom is 0.345 e. The SMILES string of the molecule is COc1ccc(Cn2ncn(C)c2=O)cc1C(=O)O. The van der Waals surface area contributed by atoms with Gasteiger partial charge in [-0.15, -0.1) is 0 Å². The third-order valence-electron chi connectivity index (χ3n) is 2.71. The van der Waals surface area contributed by atoms with Crippen LogP contribution in [0.4, 0.5) is 0 Å². The van der Waals surface area contributed by atoms with E-state index in [1.807, 2.05) is 0 Å². The molecule has 0 atom stereocenters. The Balaban J connectivity index is 2.36. The number of nitrogens with zero attached hydrogens (tertiary/aromatic N) is 3. The summed E-state index contributed by atoms with van der Waals surface area (Å²) in [4.78, 5) is 22.7. The lowest BCUT2D eigenvalue weighted by molar-refractivity contribution is 0.0693. The van der Waals surface area contributed by atoms with E-state index in [4.69, 9.17) is 9.84 Å². The fraction of sp³-hybridized carbons (Fsp3) is 0.250. The monoisotopic (exact) mass is 263 g/mol. The molecule has 0 aliphatic heterocycles. The zero-order valence-electron chi connectivity index (χ0n) is 10.5. The van der Waals surface area contributed by atoms with Crippen LogP contribution in [0.1, 0.15) is 15.9 Å². The number of hydrogen-bond acceptors (Lipinski definition) is 4. The Labute approximate surface area is 108 Å². The molecule has 0 bridgehead atoms. The minimum atomic E-state index is -1.08. The summed E-state index contributed by atoms with van der Waals surface area (Å²) in [5.41, 5.74) is 0.468. The first-order chi connectivity index (χ1) is 9.02. The second kappa shape index (κ2) is 4.97. The molecule has 0 unspecified atom stereocenters. The van der Waals surface area contributed by atoms with Crippen LogP contribution < -0.4 is 10.4 Å². The van der Waals surface area contributed by atoms with E-state index in [-0.39, 0.29) is 23.5 Å². The molecule has 0 aliphatic rings. The van der Waals surface area contributed by atoms with Crippen LogP contribution in [-0.4, -0.2) is 32.5 Å². The van der Waals surface area contributed by atoms with Gasteiger partial charge in [-0.2, -0.15) is 5.10 Å². The summed E-state index contributed by atoms with van der Waals surface area (Å²) in [6.07, 6.45) is 1.41. The fourth-order valence-electron chi connectivity index (χ4n) is 1.72. The smallest absolute Gasteiger partial charge is 0.345 e. The van der Waals surface area contributed by atoms with Crippen LogP contribution in [0.2, 0.25) is 0 Å². The molecule has 100 valence electrons. The minimum absolute atomic E-state index is 0.0592. The highest BCUT2D eigenvalue weighted by molar-refractivity contribution is 5.91. The first-order valence-electron chi connectivity index (χ1n) is 5.51. The van der Waals surface area contributed by atoms with Gasteiger partial charge in [-0.25, -0.2) is 14.3 Å². The molecule has 1 N–H and O–H groups in total. The number of methoxy groups -OCH3 is 1. The predicted octanol–water partition coefficient (Wildman–Crippen LogP) is 0.337. The molecule has 0 saturated heterocycles. The van der Waals surface area contributed by atoms with Crippen molar-refractivity contribution < 1.29 is 14.6 Å². The number of carboxylic acid groups (broad SMARTS) is 1. The van der Waals surface area contributed by atoms with Crippen LogP contribution in [0.15, 0.2) is 29.3 Å². The van der Waals surface area contributed by atoms with Gasteiger partial charge in [0.15, 0.2) is 0 Å². The van der Waals surface area contributed by atoms with Crippen LogP contribution in [0.3, 0.4) is 0 Å². The molecular weight excluding hydrogens is 250 g/mol. The quantitative estimate of drug-likeness (QED) is 0.859. The normalized spacial score (nSPS) is 10.4.